The van der Waals surface area contributed by atoms with Gasteiger partial charge in [0.2, 0.25) is 0 Å². The number of fused-ring (bicyclic) bond motifs is 1. The minimum atomic E-state index is -0.409. The molecule has 0 aromatic carbocycles. The van der Waals surface area contributed by atoms with E-state index in [1.54, 1.807) is 0 Å². The molecule has 104 valence electrons. The third-order valence-electron chi connectivity index (χ3n) is 4.79. The van der Waals surface area contributed by atoms with Gasteiger partial charge in [-0.3, -0.25) is 0 Å². The molecule has 1 aromatic heterocycles. The fourth-order valence-electron chi connectivity index (χ4n) is 3.76. The Kier molecular flexibility index (Phi) is 3.74. The van der Waals surface area contributed by atoms with E-state index in [-0.39, 0.29) is 0 Å². The number of piperidine rings is 1. The van der Waals surface area contributed by atoms with Gasteiger partial charge in [0, 0.05) is 18.8 Å². The van der Waals surface area contributed by atoms with Gasteiger partial charge < -0.3 is 10.0 Å². The van der Waals surface area contributed by atoms with Gasteiger partial charge in [-0.05, 0) is 56.2 Å². The van der Waals surface area contributed by atoms with Gasteiger partial charge in [-0.15, -0.1) is 0 Å². The molecule has 3 nitrogen and oxygen atoms in total. The molecule has 0 bridgehead atoms. The van der Waals surface area contributed by atoms with Crippen molar-refractivity contribution in [3.63, 3.8) is 0 Å². The van der Waals surface area contributed by atoms with Crippen molar-refractivity contribution in [3.8, 4) is 0 Å². The number of aliphatic hydroxyl groups is 1. The summed E-state index contributed by atoms with van der Waals surface area (Å²) in [6.45, 7) is 2.94. The Morgan fingerprint density at radius 1 is 1.26 bits per heavy atom. The Balaban J connectivity index is 1.85. The lowest BCUT2D eigenvalue weighted by Crippen LogP contribution is -2.47. The predicted octanol–water partition coefficient (Wildman–Crippen LogP) is 3.29. The average Bonchev–Trinajstić information content (AvgIpc) is 2.47. The Morgan fingerprint density at radius 2 is 2.05 bits per heavy atom. The van der Waals surface area contributed by atoms with Crippen molar-refractivity contribution in [2.24, 2.45) is 5.92 Å². The van der Waals surface area contributed by atoms with E-state index < -0.39 is 6.10 Å². The standard InChI is InChI=1S/C16H24N2O/c1-12(19)14-8-9-17-16(11-14)18-10-4-6-13-5-2-3-7-15(13)18/h8-9,11-13,15,19H,2-7,10H2,1H3/t12-,13-,15-/m1/s1. The molecular weight excluding hydrogens is 236 g/mol. The van der Waals surface area contributed by atoms with Crippen molar-refractivity contribution in [1.82, 2.24) is 4.98 Å². The van der Waals surface area contributed by atoms with E-state index in [9.17, 15) is 5.11 Å². The van der Waals surface area contributed by atoms with E-state index in [4.69, 9.17) is 0 Å². The van der Waals surface area contributed by atoms with E-state index in [1.807, 2.05) is 19.2 Å². The normalized spacial score (nSPS) is 28.8. The van der Waals surface area contributed by atoms with Crippen molar-refractivity contribution in [2.75, 3.05) is 11.4 Å². The van der Waals surface area contributed by atoms with Crippen LogP contribution >= 0.6 is 0 Å². The fraction of sp³-hybridized carbons (Fsp3) is 0.688. The van der Waals surface area contributed by atoms with Crippen LogP contribution in [0.25, 0.3) is 0 Å². The van der Waals surface area contributed by atoms with Gasteiger partial charge in [-0.1, -0.05) is 12.8 Å². The topological polar surface area (TPSA) is 36.4 Å². The number of aliphatic hydroxyl groups excluding tert-OH is 1. The molecule has 1 aliphatic carbocycles. The van der Waals surface area contributed by atoms with Crippen molar-refractivity contribution < 1.29 is 5.11 Å². The number of anilines is 1. The maximum atomic E-state index is 9.73. The van der Waals surface area contributed by atoms with Gasteiger partial charge >= 0.3 is 0 Å². The van der Waals surface area contributed by atoms with Gasteiger partial charge in [0.05, 0.1) is 6.10 Å². The third-order valence-corrected chi connectivity index (χ3v) is 4.79. The van der Waals surface area contributed by atoms with E-state index in [1.165, 1.54) is 38.5 Å². The van der Waals surface area contributed by atoms with Crippen LogP contribution in [0.5, 0.6) is 0 Å². The van der Waals surface area contributed by atoms with E-state index in [0.717, 1.165) is 23.8 Å². The zero-order chi connectivity index (χ0) is 13.2. The Bertz CT molecular complexity index is 431. The lowest BCUT2D eigenvalue weighted by molar-refractivity contribution is 0.199. The number of nitrogens with zero attached hydrogens (tertiary/aromatic N) is 2. The first-order valence-corrected chi connectivity index (χ1v) is 7.66. The first kappa shape index (κ1) is 12.9. The molecule has 0 amide bonds. The number of aromatic nitrogens is 1. The molecule has 0 spiro atoms. The van der Waals surface area contributed by atoms with Crippen LogP contribution in [0.1, 0.15) is 57.1 Å². The average molecular weight is 260 g/mol. The number of pyridine rings is 1. The zero-order valence-electron chi connectivity index (χ0n) is 11.8. The van der Waals surface area contributed by atoms with E-state index in [2.05, 4.69) is 16.0 Å². The van der Waals surface area contributed by atoms with Crippen LogP contribution in [0.3, 0.4) is 0 Å². The summed E-state index contributed by atoms with van der Waals surface area (Å²) in [6, 6.07) is 4.66. The summed E-state index contributed by atoms with van der Waals surface area (Å²) in [5.41, 5.74) is 0.975. The van der Waals surface area contributed by atoms with Gasteiger partial charge in [0.1, 0.15) is 5.82 Å². The molecule has 2 fully saturated rings. The highest BCUT2D eigenvalue weighted by Crippen LogP contribution is 2.37. The summed E-state index contributed by atoms with van der Waals surface area (Å²) in [5.74, 6) is 1.93. The second kappa shape index (κ2) is 5.49. The summed E-state index contributed by atoms with van der Waals surface area (Å²) in [6.07, 6.45) is 9.55. The Hall–Kier alpha value is -1.09. The molecule has 3 atom stereocenters. The van der Waals surface area contributed by atoms with Crippen molar-refractivity contribution in [1.29, 1.82) is 0 Å². The predicted molar refractivity (Wildman–Crippen MR) is 77.2 cm³/mol. The van der Waals surface area contributed by atoms with Gasteiger partial charge in [-0.2, -0.15) is 0 Å². The van der Waals surface area contributed by atoms with Crippen molar-refractivity contribution in [3.05, 3.63) is 23.9 Å². The maximum Gasteiger partial charge on any atom is 0.129 e. The SMILES string of the molecule is C[C@@H](O)c1ccnc(N2CCC[C@H]3CCCC[C@H]32)c1. The van der Waals surface area contributed by atoms with Crippen LogP contribution in [0.2, 0.25) is 0 Å². The van der Waals surface area contributed by atoms with Gasteiger partial charge in [0.25, 0.3) is 0 Å². The van der Waals surface area contributed by atoms with Gasteiger partial charge in [0.15, 0.2) is 0 Å². The highest BCUT2D eigenvalue weighted by molar-refractivity contribution is 5.43. The lowest BCUT2D eigenvalue weighted by Gasteiger charge is -2.44. The third kappa shape index (κ3) is 2.62. The smallest absolute Gasteiger partial charge is 0.129 e. The lowest BCUT2D eigenvalue weighted by atomic mass is 9.78. The quantitative estimate of drug-likeness (QED) is 0.886. The molecule has 2 aliphatic rings. The van der Waals surface area contributed by atoms with Gasteiger partial charge in [-0.25, -0.2) is 4.98 Å². The molecule has 0 unspecified atom stereocenters. The molecule has 19 heavy (non-hydrogen) atoms. The van der Waals surface area contributed by atoms with Crippen LogP contribution in [0, 0.1) is 5.92 Å². The molecule has 1 saturated carbocycles. The maximum absolute atomic E-state index is 9.73. The minimum Gasteiger partial charge on any atom is -0.389 e. The van der Waals surface area contributed by atoms with Crippen LogP contribution in [-0.4, -0.2) is 22.7 Å². The minimum absolute atomic E-state index is 0.409. The summed E-state index contributed by atoms with van der Waals surface area (Å²) in [5, 5.41) is 9.73. The molecule has 3 rings (SSSR count). The fourth-order valence-corrected chi connectivity index (χ4v) is 3.76. The number of hydrogen-bond acceptors (Lipinski definition) is 3. The summed E-state index contributed by atoms with van der Waals surface area (Å²) >= 11 is 0. The number of rotatable bonds is 2. The molecule has 1 N–H and O–H groups in total. The summed E-state index contributed by atoms with van der Waals surface area (Å²) < 4.78 is 0. The zero-order valence-corrected chi connectivity index (χ0v) is 11.8. The first-order valence-electron chi connectivity index (χ1n) is 7.66. The van der Waals surface area contributed by atoms with Crippen LogP contribution in [0.4, 0.5) is 5.82 Å². The second-order valence-electron chi connectivity index (χ2n) is 6.07. The van der Waals surface area contributed by atoms with E-state index in [0.29, 0.717) is 6.04 Å². The molecule has 3 heteroatoms. The molecule has 1 saturated heterocycles. The number of hydrogen-bond donors (Lipinski definition) is 1. The first-order chi connectivity index (χ1) is 9.25. The van der Waals surface area contributed by atoms with Crippen LogP contribution in [0.15, 0.2) is 18.3 Å². The van der Waals surface area contributed by atoms with Crippen molar-refractivity contribution >= 4 is 5.82 Å². The molecular formula is C16H24N2O. The van der Waals surface area contributed by atoms with Crippen LogP contribution < -0.4 is 4.90 Å². The molecule has 1 aromatic rings. The summed E-state index contributed by atoms with van der Waals surface area (Å²) in [4.78, 5) is 7.05. The molecule has 2 heterocycles. The van der Waals surface area contributed by atoms with Crippen LogP contribution in [-0.2, 0) is 0 Å². The molecule has 1 aliphatic heterocycles. The van der Waals surface area contributed by atoms with Crippen molar-refractivity contribution in [2.45, 2.75) is 57.6 Å². The highest BCUT2D eigenvalue weighted by atomic mass is 16.3. The highest BCUT2D eigenvalue weighted by Gasteiger charge is 2.33. The second-order valence-corrected chi connectivity index (χ2v) is 6.07. The molecule has 0 radical (unpaired) electrons. The Labute approximate surface area is 115 Å². The monoisotopic (exact) mass is 260 g/mol. The largest absolute Gasteiger partial charge is 0.389 e. The Morgan fingerprint density at radius 3 is 2.89 bits per heavy atom. The summed E-state index contributed by atoms with van der Waals surface area (Å²) in [7, 11) is 0. The van der Waals surface area contributed by atoms with E-state index >= 15 is 0 Å².